The van der Waals surface area contributed by atoms with Gasteiger partial charge in [-0.15, -0.1) is 0 Å². The number of aliphatic hydroxyl groups excluding tert-OH is 2. The van der Waals surface area contributed by atoms with Crippen molar-refractivity contribution in [3.05, 3.63) is 40.2 Å². The van der Waals surface area contributed by atoms with Gasteiger partial charge in [0.1, 0.15) is 5.75 Å². The molecule has 3 N–H and O–H groups in total. The predicted octanol–water partition coefficient (Wildman–Crippen LogP) is 1.88. The maximum atomic E-state index is 12.5. The van der Waals surface area contributed by atoms with Gasteiger partial charge in [-0.25, -0.2) is 0 Å². The van der Waals surface area contributed by atoms with Crippen LogP contribution in [0.4, 0.5) is 0 Å². The van der Waals surface area contributed by atoms with Crippen LogP contribution in [0.1, 0.15) is 31.7 Å². The number of pyridine rings is 1. The average molecular weight is 360 g/mol. The van der Waals surface area contributed by atoms with Crippen LogP contribution in [0.15, 0.2) is 29.1 Å². The Bertz CT molecular complexity index is 819. The van der Waals surface area contributed by atoms with Crippen LogP contribution in [-0.4, -0.2) is 53.0 Å². The Hall–Kier alpha value is -1.89. The lowest BCUT2D eigenvalue weighted by molar-refractivity contribution is -0.0820. The maximum Gasteiger partial charge on any atom is 0.252 e. The molecule has 0 aliphatic carbocycles. The summed E-state index contributed by atoms with van der Waals surface area (Å²) in [6.07, 6.45) is 1.79. The normalized spacial score (nSPS) is 24.1. The zero-order chi connectivity index (χ0) is 18.7. The first kappa shape index (κ1) is 18.9. The number of ether oxygens (including phenoxy) is 1. The van der Waals surface area contributed by atoms with E-state index in [1.165, 1.54) is 0 Å². The second kappa shape index (κ2) is 7.78. The van der Waals surface area contributed by atoms with E-state index >= 15 is 0 Å². The van der Waals surface area contributed by atoms with Crippen molar-refractivity contribution in [1.82, 2.24) is 9.88 Å². The fourth-order valence-electron chi connectivity index (χ4n) is 4.07. The minimum Gasteiger partial charge on any atom is -0.497 e. The second-order valence-corrected chi connectivity index (χ2v) is 7.36. The highest BCUT2D eigenvalue weighted by Crippen LogP contribution is 2.35. The number of H-pyrrole nitrogens is 1. The molecule has 3 rings (SSSR count). The highest BCUT2D eigenvalue weighted by atomic mass is 16.5. The number of hydrogen-bond acceptors (Lipinski definition) is 5. The Balaban J connectivity index is 1.86. The van der Waals surface area contributed by atoms with E-state index in [1.807, 2.05) is 24.3 Å². The maximum absolute atomic E-state index is 12.5. The fourth-order valence-corrected chi connectivity index (χ4v) is 4.07. The molecular weight excluding hydrogens is 332 g/mol. The van der Waals surface area contributed by atoms with Gasteiger partial charge in [-0.05, 0) is 37.1 Å². The number of hydrogen-bond donors (Lipinski definition) is 3. The van der Waals surface area contributed by atoms with Crippen LogP contribution in [-0.2, 0) is 6.54 Å². The van der Waals surface area contributed by atoms with E-state index in [1.54, 1.807) is 7.11 Å². The van der Waals surface area contributed by atoms with Gasteiger partial charge < -0.3 is 19.9 Å². The van der Waals surface area contributed by atoms with E-state index in [9.17, 15) is 15.0 Å². The van der Waals surface area contributed by atoms with Gasteiger partial charge in [0.05, 0.1) is 19.8 Å². The summed E-state index contributed by atoms with van der Waals surface area (Å²) in [6, 6.07) is 7.48. The molecule has 6 heteroatoms. The lowest BCUT2D eigenvalue weighted by Crippen LogP contribution is -2.53. The summed E-state index contributed by atoms with van der Waals surface area (Å²) in [7, 11) is 1.62. The number of benzene rings is 1. The Morgan fingerprint density at radius 1 is 1.38 bits per heavy atom. The van der Waals surface area contributed by atoms with Crippen molar-refractivity contribution in [2.45, 2.75) is 38.8 Å². The molecule has 26 heavy (non-hydrogen) atoms. The van der Waals surface area contributed by atoms with Crippen LogP contribution in [0.25, 0.3) is 10.9 Å². The predicted molar refractivity (Wildman–Crippen MR) is 101 cm³/mol. The zero-order valence-electron chi connectivity index (χ0n) is 15.5. The van der Waals surface area contributed by atoms with Gasteiger partial charge in [0, 0.05) is 41.5 Å². The molecular formula is C20H28N2O4. The molecule has 0 radical (unpaired) electrons. The van der Waals surface area contributed by atoms with E-state index in [0.717, 1.165) is 29.5 Å². The highest BCUT2D eigenvalue weighted by molar-refractivity contribution is 5.80. The average Bonchev–Trinajstić information content (AvgIpc) is 2.65. The van der Waals surface area contributed by atoms with E-state index in [0.29, 0.717) is 31.6 Å². The molecule has 0 bridgehead atoms. The minimum atomic E-state index is -0.500. The number of nitrogens with one attached hydrogen (secondary N) is 1. The monoisotopic (exact) mass is 360 g/mol. The zero-order valence-corrected chi connectivity index (χ0v) is 15.5. The van der Waals surface area contributed by atoms with Crippen LogP contribution in [0.5, 0.6) is 5.75 Å². The molecule has 142 valence electrons. The van der Waals surface area contributed by atoms with Crippen molar-refractivity contribution in [3.8, 4) is 5.75 Å². The summed E-state index contributed by atoms with van der Waals surface area (Å²) in [6.45, 7) is 3.82. The summed E-state index contributed by atoms with van der Waals surface area (Å²) in [5, 5.41) is 21.3. The lowest BCUT2D eigenvalue weighted by atomic mass is 9.74. The molecule has 1 aliphatic rings. The van der Waals surface area contributed by atoms with E-state index in [4.69, 9.17) is 4.74 Å². The highest BCUT2D eigenvalue weighted by Gasteiger charge is 2.41. The second-order valence-electron chi connectivity index (χ2n) is 7.36. The molecule has 0 unspecified atom stereocenters. The quantitative estimate of drug-likeness (QED) is 0.732. The first-order valence-corrected chi connectivity index (χ1v) is 9.22. The van der Waals surface area contributed by atoms with Crippen LogP contribution >= 0.6 is 0 Å². The van der Waals surface area contributed by atoms with Crippen LogP contribution in [0.2, 0.25) is 0 Å². The standard InChI is InChI=1S/C20H28N2O4/c1-3-7-20(13-23)12-22(8-6-18(20)24)11-15-9-14-10-16(26-2)4-5-17(14)21-19(15)25/h4-5,9-10,18,23-24H,3,6-8,11-13H2,1-2H3,(H,21,25)/t18-,20+/m1/s1. The smallest absolute Gasteiger partial charge is 0.252 e. The Morgan fingerprint density at radius 3 is 2.88 bits per heavy atom. The number of aromatic nitrogens is 1. The van der Waals surface area contributed by atoms with E-state index in [-0.39, 0.29) is 12.2 Å². The number of rotatable bonds is 6. The van der Waals surface area contributed by atoms with Gasteiger partial charge >= 0.3 is 0 Å². The first-order chi connectivity index (χ1) is 12.5. The third-order valence-corrected chi connectivity index (χ3v) is 5.55. The molecule has 0 saturated carbocycles. The van der Waals surface area contributed by atoms with Crippen LogP contribution < -0.4 is 10.3 Å². The molecule has 6 nitrogen and oxygen atoms in total. The Morgan fingerprint density at radius 2 is 2.19 bits per heavy atom. The van der Waals surface area contributed by atoms with Crippen LogP contribution in [0.3, 0.4) is 0 Å². The Labute approximate surface area is 153 Å². The summed E-state index contributed by atoms with van der Waals surface area (Å²) >= 11 is 0. The molecule has 1 aromatic heterocycles. The largest absolute Gasteiger partial charge is 0.497 e. The molecule has 1 aromatic carbocycles. The summed E-state index contributed by atoms with van der Waals surface area (Å²) < 4.78 is 5.26. The summed E-state index contributed by atoms with van der Waals surface area (Å²) in [5.74, 6) is 0.749. The summed E-state index contributed by atoms with van der Waals surface area (Å²) in [5.41, 5.74) is 0.869. The number of aliphatic hydroxyl groups is 2. The van der Waals surface area contributed by atoms with Gasteiger partial charge in [-0.3, -0.25) is 9.69 Å². The number of fused-ring (bicyclic) bond motifs is 1. The number of piperidine rings is 1. The van der Waals surface area contributed by atoms with Crippen molar-refractivity contribution in [2.24, 2.45) is 5.41 Å². The third kappa shape index (κ3) is 3.63. The molecule has 0 spiro atoms. The minimum absolute atomic E-state index is 0.0379. The van der Waals surface area contributed by atoms with Gasteiger partial charge in [-0.1, -0.05) is 13.3 Å². The van der Waals surface area contributed by atoms with Crippen molar-refractivity contribution in [3.63, 3.8) is 0 Å². The van der Waals surface area contributed by atoms with E-state index < -0.39 is 11.5 Å². The molecule has 2 aromatic rings. The first-order valence-electron chi connectivity index (χ1n) is 9.22. The molecule has 1 saturated heterocycles. The van der Waals surface area contributed by atoms with Crippen LogP contribution in [0, 0.1) is 5.41 Å². The van der Waals surface area contributed by atoms with Crippen molar-refractivity contribution < 1.29 is 14.9 Å². The molecule has 1 fully saturated rings. The molecule has 0 amide bonds. The van der Waals surface area contributed by atoms with Crippen molar-refractivity contribution in [1.29, 1.82) is 0 Å². The topological polar surface area (TPSA) is 85.8 Å². The molecule has 2 atom stereocenters. The SMILES string of the molecule is CCC[C@@]1(CO)CN(Cc2cc3cc(OC)ccc3[nH]c2=O)CC[C@H]1O. The van der Waals surface area contributed by atoms with Gasteiger partial charge in [0.15, 0.2) is 0 Å². The number of nitrogens with zero attached hydrogens (tertiary/aromatic N) is 1. The summed E-state index contributed by atoms with van der Waals surface area (Å²) in [4.78, 5) is 17.6. The molecule has 1 aliphatic heterocycles. The number of likely N-dealkylation sites (tertiary alicyclic amines) is 1. The van der Waals surface area contributed by atoms with Crippen molar-refractivity contribution >= 4 is 10.9 Å². The van der Waals surface area contributed by atoms with Crippen molar-refractivity contribution in [2.75, 3.05) is 26.8 Å². The lowest BCUT2D eigenvalue weighted by Gasteiger charge is -2.45. The third-order valence-electron chi connectivity index (χ3n) is 5.55. The number of aromatic amines is 1. The van der Waals surface area contributed by atoms with Gasteiger partial charge in [0.2, 0.25) is 0 Å². The Kier molecular flexibility index (Phi) is 5.65. The number of methoxy groups -OCH3 is 1. The van der Waals surface area contributed by atoms with Gasteiger partial charge in [-0.2, -0.15) is 0 Å². The molecule has 2 heterocycles. The fraction of sp³-hybridized carbons (Fsp3) is 0.550. The van der Waals surface area contributed by atoms with Gasteiger partial charge in [0.25, 0.3) is 5.56 Å². The van der Waals surface area contributed by atoms with E-state index in [2.05, 4.69) is 16.8 Å².